The van der Waals surface area contributed by atoms with Gasteiger partial charge in [-0.2, -0.15) is 4.31 Å². The Kier molecular flexibility index (Phi) is 4.61. The summed E-state index contributed by atoms with van der Waals surface area (Å²) < 4.78 is 27.7. The van der Waals surface area contributed by atoms with Crippen LogP contribution in [0, 0.1) is 13.8 Å². The summed E-state index contributed by atoms with van der Waals surface area (Å²) >= 11 is 0. The smallest absolute Gasteiger partial charge is 0.259 e. The van der Waals surface area contributed by atoms with Gasteiger partial charge in [0.15, 0.2) is 0 Å². The highest BCUT2D eigenvalue weighted by Gasteiger charge is 2.32. The Balaban J connectivity index is 1.52. The molecule has 1 aliphatic rings. The van der Waals surface area contributed by atoms with Crippen LogP contribution in [0.5, 0.6) is 0 Å². The number of H-pyrrole nitrogens is 1. The lowest BCUT2D eigenvalue weighted by molar-refractivity contribution is -0.330. The number of aromatic nitrogens is 1. The number of fused-ring (bicyclic) bond motifs is 1. The third-order valence-electron chi connectivity index (χ3n) is 5.17. The number of sulfonamides is 1. The minimum absolute atomic E-state index is 0.416. The second kappa shape index (κ2) is 6.94. The Morgan fingerprint density at radius 2 is 1.63 bits per heavy atom. The number of pyridine rings is 1. The summed E-state index contributed by atoms with van der Waals surface area (Å²) in [6.07, 6.45) is 0. The number of hydrogen-bond acceptors (Lipinski definition) is 3. The predicted molar refractivity (Wildman–Crippen MR) is 107 cm³/mol. The SMILES string of the molecule is Cc1ccc(S(=O)(=O)N2CCN(c3ccc4ccccc4[nH+]3)CC2)c(C)c1. The van der Waals surface area contributed by atoms with Gasteiger partial charge in [-0.3, -0.25) is 4.90 Å². The van der Waals surface area contributed by atoms with Gasteiger partial charge in [0.1, 0.15) is 5.52 Å². The second-order valence-electron chi connectivity index (χ2n) is 7.09. The fourth-order valence-corrected chi connectivity index (χ4v) is 5.31. The number of anilines is 1. The normalized spacial score (nSPS) is 16.0. The van der Waals surface area contributed by atoms with Crippen LogP contribution >= 0.6 is 0 Å². The molecule has 0 aliphatic carbocycles. The summed E-state index contributed by atoms with van der Waals surface area (Å²) in [5.74, 6) is 1.03. The number of benzene rings is 2. The fourth-order valence-electron chi connectivity index (χ4n) is 3.69. The molecule has 0 saturated carbocycles. The second-order valence-corrected chi connectivity index (χ2v) is 9.00. The molecule has 3 aromatic rings. The van der Waals surface area contributed by atoms with Crippen molar-refractivity contribution in [1.82, 2.24) is 4.31 Å². The van der Waals surface area contributed by atoms with Gasteiger partial charge in [-0.05, 0) is 37.6 Å². The number of nitrogens with one attached hydrogen (secondary N) is 1. The molecule has 0 spiro atoms. The minimum atomic E-state index is -3.45. The molecule has 5 nitrogen and oxygen atoms in total. The van der Waals surface area contributed by atoms with Crippen molar-refractivity contribution in [3.63, 3.8) is 0 Å². The van der Waals surface area contributed by atoms with Crippen LogP contribution in [-0.4, -0.2) is 38.9 Å². The fraction of sp³-hybridized carbons (Fsp3) is 0.286. The summed E-state index contributed by atoms with van der Waals surface area (Å²) in [7, 11) is -3.45. The third-order valence-corrected chi connectivity index (χ3v) is 7.23. The van der Waals surface area contributed by atoms with Gasteiger partial charge in [0.2, 0.25) is 10.0 Å². The Morgan fingerprint density at radius 1 is 0.889 bits per heavy atom. The number of hydrogen-bond donors (Lipinski definition) is 0. The molecule has 0 bridgehead atoms. The molecule has 4 rings (SSSR count). The molecule has 2 heterocycles. The third kappa shape index (κ3) is 3.42. The van der Waals surface area contributed by atoms with Gasteiger partial charge in [-0.1, -0.05) is 35.9 Å². The number of nitrogens with zero attached hydrogens (tertiary/aromatic N) is 2. The molecule has 27 heavy (non-hydrogen) atoms. The lowest BCUT2D eigenvalue weighted by Gasteiger charge is -2.30. The van der Waals surface area contributed by atoms with Gasteiger partial charge in [0, 0.05) is 11.5 Å². The summed E-state index contributed by atoms with van der Waals surface area (Å²) in [6.45, 7) is 6.13. The molecule has 0 radical (unpaired) electrons. The summed E-state index contributed by atoms with van der Waals surface area (Å²) in [6, 6.07) is 17.8. The van der Waals surface area contributed by atoms with Crippen LogP contribution in [0.1, 0.15) is 11.1 Å². The van der Waals surface area contributed by atoms with E-state index in [4.69, 9.17) is 0 Å². The van der Waals surface area contributed by atoms with E-state index in [1.54, 1.807) is 10.4 Å². The zero-order valence-corrected chi connectivity index (χ0v) is 16.5. The van der Waals surface area contributed by atoms with Crippen molar-refractivity contribution in [3.05, 3.63) is 65.7 Å². The molecule has 6 heteroatoms. The first-order chi connectivity index (χ1) is 12.9. The lowest BCUT2D eigenvalue weighted by Crippen LogP contribution is -2.50. The maximum absolute atomic E-state index is 13.0. The van der Waals surface area contributed by atoms with Crippen molar-refractivity contribution in [2.75, 3.05) is 31.1 Å². The van der Waals surface area contributed by atoms with Crippen LogP contribution in [-0.2, 0) is 10.0 Å². The van der Waals surface area contributed by atoms with Gasteiger partial charge in [-0.25, -0.2) is 13.4 Å². The highest BCUT2D eigenvalue weighted by atomic mass is 32.2. The van der Waals surface area contributed by atoms with E-state index in [0.29, 0.717) is 31.1 Å². The number of para-hydroxylation sites is 1. The Labute approximate surface area is 160 Å². The molecule has 1 saturated heterocycles. The lowest BCUT2D eigenvalue weighted by atomic mass is 10.2. The van der Waals surface area contributed by atoms with E-state index in [1.165, 1.54) is 0 Å². The topological polar surface area (TPSA) is 54.8 Å². The number of piperazine rings is 1. The Bertz CT molecular complexity index is 1090. The van der Waals surface area contributed by atoms with Crippen LogP contribution in [0.2, 0.25) is 0 Å². The predicted octanol–water partition coefficient (Wildman–Crippen LogP) is 2.78. The van der Waals surface area contributed by atoms with Gasteiger partial charge in [0.25, 0.3) is 5.82 Å². The van der Waals surface area contributed by atoms with Gasteiger partial charge < -0.3 is 0 Å². The van der Waals surface area contributed by atoms with Crippen molar-refractivity contribution in [2.45, 2.75) is 18.7 Å². The van der Waals surface area contributed by atoms with Crippen LogP contribution in [0.25, 0.3) is 10.9 Å². The molecule has 0 amide bonds. The molecule has 1 fully saturated rings. The standard InChI is InChI=1S/C21H23N3O2S/c1-16-7-9-20(17(2)15-16)27(25,26)24-13-11-23(12-14-24)21-10-8-18-5-3-4-6-19(18)22-21/h3-10,15H,11-14H2,1-2H3/p+1. The first-order valence-electron chi connectivity index (χ1n) is 9.18. The number of aryl methyl sites for hydroxylation is 2. The molecule has 1 aromatic heterocycles. The number of aromatic amines is 1. The zero-order valence-electron chi connectivity index (χ0n) is 15.6. The van der Waals surface area contributed by atoms with E-state index in [2.05, 4.69) is 34.1 Å². The van der Waals surface area contributed by atoms with Gasteiger partial charge in [-0.15, -0.1) is 0 Å². The largest absolute Gasteiger partial charge is 0.274 e. The maximum Gasteiger partial charge on any atom is 0.274 e. The van der Waals surface area contributed by atoms with Crippen molar-refractivity contribution in [3.8, 4) is 0 Å². The van der Waals surface area contributed by atoms with E-state index < -0.39 is 10.0 Å². The Morgan fingerprint density at radius 3 is 2.37 bits per heavy atom. The highest BCUT2D eigenvalue weighted by molar-refractivity contribution is 7.89. The number of rotatable bonds is 3. The van der Waals surface area contributed by atoms with Crippen LogP contribution < -0.4 is 9.88 Å². The summed E-state index contributed by atoms with van der Waals surface area (Å²) in [5, 5.41) is 1.16. The quantitative estimate of drug-likeness (QED) is 0.700. The summed E-state index contributed by atoms with van der Waals surface area (Å²) in [4.78, 5) is 6.08. The van der Waals surface area contributed by atoms with Gasteiger partial charge in [0.05, 0.1) is 31.1 Å². The first kappa shape index (κ1) is 17.9. The first-order valence-corrected chi connectivity index (χ1v) is 10.6. The van der Waals surface area contributed by atoms with Crippen LogP contribution in [0.15, 0.2) is 59.5 Å². The monoisotopic (exact) mass is 382 g/mol. The average Bonchev–Trinajstić information content (AvgIpc) is 2.67. The maximum atomic E-state index is 13.0. The van der Waals surface area contributed by atoms with E-state index in [0.717, 1.165) is 27.8 Å². The average molecular weight is 383 g/mol. The van der Waals surface area contributed by atoms with Crippen molar-refractivity contribution < 1.29 is 13.4 Å². The van der Waals surface area contributed by atoms with Crippen LogP contribution in [0.3, 0.4) is 0 Å². The Hall–Kier alpha value is -2.44. The van der Waals surface area contributed by atoms with E-state index in [-0.39, 0.29) is 0 Å². The van der Waals surface area contributed by atoms with Crippen molar-refractivity contribution in [2.24, 2.45) is 0 Å². The zero-order chi connectivity index (χ0) is 19.0. The minimum Gasteiger partial charge on any atom is -0.259 e. The molecule has 2 aromatic carbocycles. The molecular formula is C21H24N3O2S+. The van der Waals surface area contributed by atoms with Crippen LogP contribution in [0.4, 0.5) is 5.82 Å². The van der Waals surface area contributed by atoms with Gasteiger partial charge >= 0.3 is 0 Å². The molecule has 140 valence electrons. The molecule has 1 N–H and O–H groups in total. The van der Waals surface area contributed by atoms with Crippen molar-refractivity contribution in [1.29, 1.82) is 0 Å². The van der Waals surface area contributed by atoms with Crippen molar-refractivity contribution >= 4 is 26.7 Å². The molecule has 1 aliphatic heterocycles. The van der Waals surface area contributed by atoms with E-state index in [1.807, 2.05) is 38.1 Å². The molecule has 0 atom stereocenters. The molecule has 0 unspecified atom stereocenters. The molecular weight excluding hydrogens is 358 g/mol. The van der Waals surface area contributed by atoms with E-state index in [9.17, 15) is 8.42 Å². The highest BCUT2D eigenvalue weighted by Crippen LogP contribution is 2.23. The summed E-state index contributed by atoms with van der Waals surface area (Å²) in [5.41, 5.74) is 2.96. The van der Waals surface area contributed by atoms with E-state index >= 15 is 0 Å².